The molecule has 0 unspecified atom stereocenters. The first-order valence-corrected chi connectivity index (χ1v) is 4.60. The van der Waals surface area contributed by atoms with Crippen LogP contribution in [0.5, 0.6) is 11.5 Å². The van der Waals surface area contributed by atoms with Gasteiger partial charge in [-0.15, -0.1) is 0 Å². The van der Waals surface area contributed by atoms with Crippen LogP contribution in [0.2, 0.25) is 0 Å². The van der Waals surface area contributed by atoms with E-state index in [1.54, 1.807) is 12.1 Å². The molecule has 0 saturated heterocycles. The average molecular weight is 227 g/mol. The van der Waals surface area contributed by atoms with Crippen molar-refractivity contribution in [2.75, 3.05) is 20.8 Å². The summed E-state index contributed by atoms with van der Waals surface area (Å²) in [5.74, 6) is 0.946. The second-order valence-corrected chi connectivity index (χ2v) is 3.15. The molecule has 6 nitrogen and oxygen atoms in total. The van der Waals surface area contributed by atoms with Crippen molar-refractivity contribution in [2.24, 2.45) is 0 Å². The Balaban J connectivity index is 2.93. The smallest absolute Gasteiger partial charge is 0.233 e. The van der Waals surface area contributed by atoms with E-state index in [0.717, 1.165) is 0 Å². The van der Waals surface area contributed by atoms with Gasteiger partial charge in [-0.25, -0.2) is 0 Å². The number of nitrogens with zero attached hydrogens (tertiary/aromatic N) is 1. The SMILES string of the molecule is COc1ccc([C@@H](O)C[N+](=O)[O-])cc1OC. The Morgan fingerprint density at radius 2 is 2.00 bits per heavy atom. The molecule has 1 N–H and O–H groups in total. The molecular weight excluding hydrogens is 214 g/mol. The van der Waals surface area contributed by atoms with Gasteiger partial charge in [0, 0.05) is 4.92 Å². The molecule has 1 rings (SSSR count). The van der Waals surface area contributed by atoms with E-state index >= 15 is 0 Å². The van der Waals surface area contributed by atoms with E-state index in [1.807, 2.05) is 0 Å². The molecular formula is C10H13NO5. The fourth-order valence-electron chi connectivity index (χ4n) is 1.31. The predicted octanol–water partition coefficient (Wildman–Crippen LogP) is 1.01. The second kappa shape index (κ2) is 5.32. The zero-order valence-electron chi connectivity index (χ0n) is 9.04. The van der Waals surface area contributed by atoms with Gasteiger partial charge in [-0.3, -0.25) is 10.1 Å². The number of aliphatic hydroxyl groups is 1. The van der Waals surface area contributed by atoms with E-state index in [2.05, 4.69) is 0 Å². The molecule has 0 radical (unpaired) electrons. The highest BCUT2D eigenvalue weighted by Crippen LogP contribution is 2.29. The molecule has 0 saturated carbocycles. The fraction of sp³-hybridized carbons (Fsp3) is 0.400. The molecule has 0 spiro atoms. The lowest BCUT2D eigenvalue weighted by Crippen LogP contribution is -2.11. The van der Waals surface area contributed by atoms with Gasteiger partial charge in [0.05, 0.1) is 14.2 Å². The maximum absolute atomic E-state index is 10.3. The van der Waals surface area contributed by atoms with Gasteiger partial charge in [-0.05, 0) is 17.7 Å². The maximum Gasteiger partial charge on any atom is 0.233 e. The summed E-state index contributed by atoms with van der Waals surface area (Å²) in [7, 11) is 2.95. The predicted molar refractivity (Wildman–Crippen MR) is 56.4 cm³/mol. The minimum atomic E-state index is -1.14. The van der Waals surface area contributed by atoms with Crippen LogP contribution >= 0.6 is 0 Å². The monoisotopic (exact) mass is 227 g/mol. The van der Waals surface area contributed by atoms with E-state index in [-0.39, 0.29) is 0 Å². The number of benzene rings is 1. The van der Waals surface area contributed by atoms with Crippen LogP contribution in [0.25, 0.3) is 0 Å². The van der Waals surface area contributed by atoms with Crippen molar-refractivity contribution < 1.29 is 19.5 Å². The van der Waals surface area contributed by atoms with E-state index in [0.29, 0.717) is 17.1 Å². The molecule has 88 valence electrons. The Labute approximate surface area is 92.6 Å². The summed E-state index contributed by atoms with van der Waals surface area (Å²) in [6, 6.07) is 4.68. The minimum Gasteiger partial charge on any atom is -0.493 e. The van der Waals surface area contributed by atoms with Gasteiger partial charge in [-0.1, -0.05) is 6.07 Å². The van der Waals surface area contributed by atoms with Crippen LogP contribution in [0.4, 0.5) is 0 Å². The Bertz CT molecular complexity index is 379. The molecule has 16 heavy (non-hydrogen) atoms. The Morgan fingerprint density at radius 1 is 1.38 bits per heavy atom. The standard InChI is InChI=1S/C10H13NO5/c1-15-9-4-3-7(5-10(9)16-2)8(12)6-11(13)14/h3-5,8,12H,6H2,1-2H3/t8-/m0/s1. The quantitative estimate of drug-likeness (QED) is 0.599. The summed E-state index contributed by atoms with van der Waals surface area (Å²) in [4.78, 5) is 9.68. The van der Waals surface area contributed by atoms with Crippen molar-refractivity contribution in [2.45, 2.75) is 6.10 Å². The van der Waals surface area contributed by atoms with Gasteiger partial charge in [-0.2, -0.15) is 0 Å². The third kappa shape index (κ3) is 2.83. The number of nitro groups is 1. The molecule has 1 atom stereocenters. The molecule has 0 aromatic heterocycles. The van der Waals surface area contributed by atoms with Crippen LogP contribution in [-0.2, 0) is 0 Å². The zero-order chi connectivity index (χ0) is 12.1. The summed E-state index contributed by atoms with van der Waals surface area (Å²) in [6.45, 7) is -0.532. The molecule has 0 aliphatic heterocycles. The number of rotatable bonds is 5. The van der Waals surface area contributed by atoms with Crippen molar-refractivity contribution in [3.8, 4) is 11.5 Å². The molecule has 0 bridgehead atoms. The van der Waals surface area contributed by atoms with Gasteiger partial charge >= 0.3 is 0 Å². The van der Waals surface area contributed by atoms with Crippen molar-refractivity contribution in [1.82, 2.24) is 0 Å². The third-order valence-electron chi connectivity index (χ3n) is 2.11. The van der Waals surface area contributed by atoms with Crippen LogP contribution in [0.3, 0.4) is 0 Å². The van der Waals surface area contributed by atoms with Crippen LogP contribution in [0, 0.1) is 10.1 Å². The summed E-state index contributed by atoms with van der Waals surface area (Å²) in [5.41, 5.74) is 0.425. The van der Waals surface area contributed by atoms with Gasteiger partial charge in [0.2, 0.25) is 6.54 Å². The summed E-state index contributed by atoms with van der Waals surface area (Å²) < 4.78 is 10.0. The van der Waals surface area contributed by atoms with Crippen molar-refractivity contribution in [3.63, 3.8) is 0 Å². The molecule has 1 aromatic carbocycles. The van der Waals surface area contributed by atoms with Crippen LogP contribution in [0.1, 0.15) is 11.7 Å². The van der Waals surface area contributed by atoms with E-state index in [4.69, 9.17) is 9.47 Å². The Kier molecular flexibility index (Phi) is 4.07. The molecule has 0 amide bonds. The summed E-state index contributed by atoms with van der Waals surface area (Å²) in [6.07, 6.45) is -1.14. The maximum atomic E-state index is 10.3. The highest BCUT2D eigenvalue weighted by molar-refractivity contribution is 5.43. The van der Waals surface area contributed by atoms with Gasteiger partial charge in [0.1, 0.15) is 6.10 Å². The Morgan fingerprint density at radius 3 is 2.50 bits per heavy atom. The van der Waals surface area contributed by atoms with Crippen LogP contribution in [0.15, 0.2) is 18.2 Å². The number of methoxy groups -OCH3 is 2. The highest BCUT2D eigenvalue weighted by Gasteiger charge is 2.16. The first-order valence-electron chi connectivity index (χ1n) is 4.60. The molecule has 0 heterocycles. The van der Waals surface area contributed by atoms with E-state index in [1.165, 1.54) is 20.3 Å². The molecule has 6 heteroatoms. The largest absolute Gasteiger partial charge is 0.493 e. The number of hydrogen-bond donors (Lipinski definition) is 1. The van der Waals surface area contributed by atoms with Crippen molar-refractivity contribution in [3.05, 3.63) is 33.9 Å². The number of ether oxygens (including phenoxy) is 2. The third-order valence-corrected chi connectivity index (χ3v) is 2.11. The van der Waals surface area contributed by atoms with Gasteiger partial charge < -0.3 is 14.6 Å². The van der Waals surface area contributed by atoms with E-state index in [9.17, 15) is 15.2 Å². The van der Waals surface area contributed by atoms with E-state index < -0.39 is 17.6 Å². The molecule has 0 aliphatic carbocycles. The molecule has 0 aliphatic rings. The number of aliphatic hydroxyl groups excluding tert-OH is 1. The lowest BCUT2D eigenvalue weighted by atomic mass is 10.1. The van der Waals surface area contributed by atoms with Gasteiger partial charge in [0.25, 0.3) is 0 Å². The highest BCUT2D eigenvalue weighted by atomic mass is 16.6. The normalized spacial score (nSPS) is 11.9. The zero-order valence-corrected chi connectivity index (χ0v) is 9.04. The van der Waals surface area contributed by atoms with Gasteiger partial charge in [0.15, 0.2) is 11.5 Å². The van der Waals surface area contributed by atoms with Crippen molar-refractivity contribution in [1.29, 1.82) is 0 Å². The van der Waals surface area contributed by atoms with Crippen LogP contribution in [-0.4, -0.2) is 30.8 Å². The Hall–Kier alpha value is -1.82. The topological polar surface area (TPSA) is 81.8 Å². The van der Waals surface area contributed by atoms with Crippen LogP contribution < -0.4 is 9.47 Å². The first-order chi connectivity index (χ1) is 7.58. The first kappa shape index (κ1) is 12.3. The number of hydrogen-bond acceptors (Lipinski definition) is 5. The minimum absolute atomic E-state index is 0.425. The average Bonchev–Trinajstić information content (AvgIpc) is 2.27. The molecule has 0 fully saturated rings. The van der Waals surface area contributed by atoms with Crippen molar-refractivity contribution >= 4 is 0 Å². The molecule has 1 aromatic rings. The lowest BCUT2D eigenvalue weighted by molar-refractivity contribution is -0.491. The summed E-state index contributed by atoms with van der Waals surface area (Å²) in [5, 5.41) is 19.8. The fourth-order valence-corrected chi connectivity index (χ4v) is 1.31. The summed E-state index contributed by atoms with van der Waals surface area (Å²) >= 11 is 0. The second-order valence-electron chi connectivity index (χ2n) is 3.15. The lowest BCUT2D eigenvalue weighted by Gasteiger charge is -2.11.